The van der Waals surface area contributed by atoms with Gasteiger partial charge in [0.2, 0.25) is 0 Å². The van der Waals surface area contributed by atoms with E-state index in [1.165, 1.54) is 6.21 Å². The number of aryl methyl sites for hydroxylation is 2. The Morgan fingerprint density at radius 2 is 1.78 bits per heavy atom. The molecule has 0 bridgehead atoms. The predicted octanol–water partition coefficient (Wildman–Crippen LogP) is 4.81. The maximum atomic E-state index is 12.1. The van der Waals surface area contributed by atoms with Crippen LogP contribution in [0.1, 0.15) is 22.5 Å². The minimum absolute atomic E-state index is 0.500. The van der Waals surface area contributed by atoms with E-state index in [1.54, 1.807) is 38.3 Å². The Kier molecular flexibility index (Phi) is 7.22. The van der Waals surface area contributed by atoms with Crippen molar-refractivity contribution in [3.05, 3.63) is 75.0 Å². The minimum atomic E-state index is -0.883. The molecule has 9 heteroatoms. The van der Waals surface area contributed by atoms with Crippen LogP contribution in [0.25, 0.3) is 5.69 Å². The van der Waals surface area contributed by atoms with Crippen molar-refractivity contribution in [3.8, 4) is 11.4 Å². The number of ether oxygens (including phenoxy) is 1. The highest BCUT2D eigenvalue weighted by Crippen LogP contribution is 2.29. The molecular formula is C23H22Cl2N4O3. The second-order valence-corrected chi connectivity index (χ2v) is 7.94. The first-order chi connectivity index (χ1) is 15.2. The van der Waals surface area contributed by atoms with Gasteiger partial charge in [0, 0.05) is 33.3 Å². The fourth-order valence-electron chi connectivity index (χ4n) is 3.27. The van der Waals surface area contributed by atoms with E-state index >= 15 is 0 Å². The lowest BCUT2D eigenvalue weighted by Crippen LogP contribution is -2.32. The van der Waals surface area contributed by atoms with Gasteiger partial charge in [-0.1, -0.05) is 23.2 Å². The summed E-state index contributed by atoms with van der Waals surface area (Å²) >= 11 is 12.2. The van der Waals surface area contributed by atoms with Gasteiger partial charge in [-0.05, 0) is 68.8 Å². The highest BCUT2D eigenvalue weighted by atomic mass is 35.5. The van der Waals surface area contributed by atoms with Gasteiger partial charge < -0.3 is 14.6 Å². The molecule has 0 unspecified atom stereocenters. The van der Waals surface area contributed by atoms with E-state index in [9.17, 15) is 9.59 Å². The predicted molar refractivity (Wildman–Crippen MR) is 127 cm³/mol. The Bertz CT molecular complexity index is 1220. The van der Waals surface area contributed by atoms with Gasteiger partial charge in [-0.25, -0.2) is 5.43 Å². The summed E-state index contributed by atoms with van der Waals surface area (Å²) in [7, 11) is 1.56. The number of benzene rings is 2. The summed E-state index contributed by atoms with van der Waals surface area (Å²) in [5, 5.41) is 7.51. The highest BCUT2D eigenvalue weighted by molar-refractivity contribution is 6.39. The van der Waals surface area contributed by atoms with Crippen molar-refractivity contribution in [3.63, 3.8) is 0 Å². The highest BCUT2D eigenvalue weighted by Gasteiger charge is 2.15. The topological polar surface area (TPSA) is 84.7 Å². The van der Waals surface area contributed by atoms with Crippen molar-refractivity contribution in [2.24, 2.45) is 5.10 Å². The van der Waals surface area contributed by atoms with Crippen LogP contribution in [0.3, 0.4) is 0 Å². The van der Waals surface area contributed by atoms with Gasteiger partial charge in [-0.2, -0.15) is 5.10 Å². The molecule has 2 amide bonds. The molecule has 166 valence electrons. The second kappa shape index (κ2) is 9.89. The van der Waals surface area contributed by atoms with Gasteiger partial charge in [0.15, 0.2) is 0 Å². The van der Waals surface area contributed by atoms with E-state index in [0.29, 0.717) is 21.5 Å². The van der Waals surface area contributed by atoms with Gasteiger partial charge in [-0.3, -0.25) is 9.59 Å². The molecule has 7 nitrogen and oxygen atoms in total. The average Bonchev–Trinajstić information content (AvgIpc) is 3.03. The molecule has 0 atom stereocenters. The molecule has 0 spiro atoms. The zero-order valence-corrected chi connectivity index (χ0v) is 19.5. The fraction of sp³-hybridized carbons (Fsp3) is 0.174. The summed E-state index contributed by atoms with van der Waals surface area (Å²) in [4.78, 5) is 24.2. The van der Waals surface area contributed by atoms with Crippen LogP contribution in [0.5, 0.6) is 5.75 Å². The van der Waals surface area contributed by atoms with Gasteiger partial charge in [0.25, 0.3) is 0 Å². The van der Waals surface area contributed by atoms with Crippen LogP contribution >= 0.6 is 23.2 Å². The van der Waals surface area contributed by atoms with E-state index in [-0.39, 0.29) is 0 Å². The number of anilines is 1. The second-order valence-electron chi connectivity index (χ2n) is 7.09. The van der Waals surface area contributed by atoms with E-state index in [4.69, 9.17) is 27.9 Å². The van der Waals surface area contributed by atoms with Crippen LogP contribution in [-0.2, 0) is 9.59 Å². The number of amides is 2. The quantitative estimate of drug-likeness (QED) is 0.317. The summed E-state index contributed by atoms with van der Waals surface area (Å²) in [5.41, 5.74) is 6.98. The van der Waals surface area contributed by atoms with Crippen molar-refractivity contribution >= 4 is 46.9 Å². The van der Waals surface area contributed by atoms with Crippen molar-refractivity contribution in [2.75, 3.05) is 12.4 Å². The van der Waals surface area contributed by atoms with Gasteiger partial charge in [0.05, 0.1) is 18.3 Å². The molecule has 0 aliphatic rings. The number of hydrogen-bond donors (Lipinski definition) is 2. The number of rotatable bonds is 5. The van der Waals surface area contributed by atoms with E-state index in [2.05, 4.69) is 15.8 Å². The van der Waals surface area contributed by atoms with E-state index < -0.39 is 11.8 Å². The third kappa shape index (κ3) is 5.12. The Hall–Kier alpha value is -3.29. The maximum absolute atomic E-state index is 12.1. The molecule has 0 aliphatic heterocycles. The summed E-state index contributed by atoms with van der Waals surface area (Å²) in [6.45, 7) is 5.65. The monoisotopic (exact) mass is 472 g/mol. The molecule has 0 fully saturated rings. The van der Waals surface area contributed by atoms with E-state index in [0.717, 1.165) is 28.2 Å². The lowest BCUT2D eigenvalue weighted by Gasteiger charge is -2.11. The Balaban J connectivity index is 1.70. The molecule has 3 rings (SSSR count). The Labute approximate surface area is 196 Å². The van der Waals surface area contributed by atoms with Crippen molar-refractivity contribution in [2.45, 2.75) is 20.8 Å². The Morgan fingerprint density at radius 3 is 2.44 bits per heavy atom. The van der Waals surface area contributed by atoms with Gasteiger partial charge in [0.1, 0.15) is 5.75 Å². The van der Waals surface area contributed by atoms with Crippen LogP contribution in [0, 0.1) is 20.8 Å². The number of carbonyl (C=O) groups excluding carboxylic acids is 2. The number of nitrogens with zero attached hydrogens (tertiary/aromatic N) is 2. The number of hydrogen-bond acceptors (Lipinski definition) is 4. The number of halogens is 2. The third-order valence-electron chi connectivity index (χ3n) is 4.88. The standard InChI is InChI=1S/C23H22Cl2N4O3/c1-13-9-17(24)5-7-20(13)27-22(30)23(31)28-26-12-16-10-14(2)29(15(16)3)18-6-8-21(32-4)19(25)11-18/h5-12H,1-4H3,(H,27,30)(H,28,31)/b26-12-. The molecule has 2 N–H and O–H groups in total. The van der Waals surface area contributed by atoms with Crippen LogP contribution in [0.4, 0.5) is 5.69 Å². The summed E-state index contributed by atoms with van der Waals surface area (Å²) < 4.78 is 7.21. The maximum Gasteiger partial charge on any atom is 0.329 e. The number of nitrogens with one attached hydrogen (secondary N) is 2. The van der Waals surface area contributed by atoms with Crippen molar-refractivity contribution in [1.82, 2.24) is 9.99 Å². The van der Waals surface area contributed by atoms with Crippen LogP contribution in [-0.4, -0.2) is 29.7 Å². The molecular weight excluding hydrogens is 451 g/mol. The lowest BCUT2D eigenvalue weighted by molar-refractivity contribution is -0.136. The summed E-state index contributed by atoms with van der Waals surface area (Å²) in [6.07, 6.45) is 1.49. The summed E-state index contributed by atoms with van der Waals surface area (Å²) in [6, 6.07) is 12.4. The zero-order valence-electron chi connectivity index (χ0n) is 18.0. The first-order valence-corrected chi connectivity index (χ1v) is 10.4. The Morgan fingerprint density at radius 1 is 1.03 bits per heavy atom. The number of hydrazone groups is 1. The number of aromatic nitrogens is 1. The normalized spacial score (nSPS) is 10.9. The first-order valence-electron chi connectivity index (χ1n) is 9.64. The first kappa shape index (κ1) is 23.4. The van der Waals surface area contributed by atoms with Crippen LogP contribution in [0.15, 0.2) is 47.6 Å². The average molecular weight is 473 g/mol. The third-order valence-corrected chi connectivity index (χ3v) is 5.41. The molecule has 0 saturated heterocycles. The largest absolute Gasteiger partial charge is 0.495 e. The molecule has 1 heterocycles. The molecule has 0 saturated carbocycles. The fourth-order valence-corrected chi connectivity index (χ4v) is 3.75. The van der Waals surface area contributed by atoms with Crippen molar-refractivity contribution < 1.29 is 14.3 Å². The van der Waals surface area contributed by atoms with E-state index in [1.807, 2.05) is 36.6 Å². The SMILES string of the molecule is COc1ccc(-n2c(C)cc(/C=N\NC(=O)C(=O)Nc3ccc(Cl)cc3C)c2C)cc1Cl. The smallest absolute Gasteiger partial charge is 0.329 e. The molecule has 1 aromatic heterocycles. The van der Waals surface area contributed by atoms with Crippen molar-refractivity contribution in [1.29, 1.82) is 0 Å². The number of methoxy groups -OCH3 is 1. The van der Waals surface area contributed by atoms with Gasteiger partial charge in [-0.15, -0.1) is 0 Å². The number of carbonyl (C=O) groups is 2. The zero-order chi connectivity index (χ0) is 23.4. The molecule has 0 aliphatic carbocycles. The molecule has 2 aromatic carbocycles. The molecule has 32 heavy (non-hydrogen) atoms. The summed E-state index contributed by atoms with van der Waals surface area (Å²) in [5.74, 6) is -1.12. The molecule has 3 aromatic rings. The van der Waals surface area contributed by atoms with Gasteiger partial charge >= 0.3 is 11.8 Å². The lowest BCUT2D eigenvalue weighted by atomic mass is 10.2. The minimum Gasteiger partial charge on any atom is -0.495 e. The van der Waals surface area contributed by atoms with Crippen LogP contribution < -0.4 is 15.5 Å². The molecule has 0 radical (unpaired) electrons. The van der Waals surface area contributed by atoms with Crippen LogP contribution in [0.2, 0.25) is 10.0 Å².